The van der Waals surface area contributed by atoms with Gasteiger partial charge in [-0.25, -0.2) is 8.42 Å². The first kappa shape index (κ1) is 23.0. The molecule has 158 valence electrons. The Hall–Kier alpha value is -2.72. The van der Waals surface area contributed by atoms with Crippen molar-refractivity contribution in [1.29, 1.82) is 5.26 Å². The number of benzene rings is 3. The molecule has 0 saturated carbocycles. The Morgan fingerprint density at radius 2 is 1.71 bits per heavy atom. The van der Waals surface area contributed by atoms with Crippen molar-refractivity contribution in [1.82, 2.24) is 0 Å². The van der Waals surface area contributed by atoms with Crippen LogP contribution in [0.1, 0.15) is 16.7 Å². The number of hydrogen-bond donors (Lipinski definition) is 1. The maximum absolute atomic E-state index is 13.2. The van der Waals surface area contributed by atoms with Gasteiger partial charge < -0.3 is 5.32 Å². The molecule has 31 heavy (non-hydrogen) atoms. The lowest BCUT2D eigenvalue weighted by atomic mass is 10.2. The summed E-state index contributed by atoms with van der Waals surface area (Å²) in [6, 6.07) is 23.2. The topological polar surface area (TPSA) is 70.0 Å². The van der Waals surface area contributed by atoms with Crippen LogP contribution in [0.3, 0.4) is 0 Å². The molecule has 0 amide bonds. The van der Waals surface area contributed by atoms with E-state index in [1.165, 1.54) is 23.9 Å². The van der Waals surface area contributed by atoms with E-state index in [9.17, 15) is 13.7 Å². The number of nitrogens with zero attached hydrogens (tertiary/aromatic N) is 1. The summed E-state index contributed by atoms with van der Waals surface area (Å²) in [5.41, 5.74) is 3.69. The summed E-state index contributed by atoms with van der Waals surface area (Å²) in [6.45, 7) is 3.89. The van der Waals surface area contributed by atoms with E-state index >= 15 is 0 Å². The molecule has 3 aromatic carbocycles. The molecule has 3 rings (SSSR count). The molecule has 0 radical (unpaired) electrons. The lowest BCUT2D eigenvalue weighted by molar-refractivity contribution is 0.603. The number of nitrogens with one attached hydrogen (secondary N) is 1. The number of anilines is 1. The molecule has 0 bridgehead atoms. The second kappa shape index (κ2) is 10.1. The number of thioether (sulfide) groups is 1. The van der Waals surface area contributed by atoms with Crippen molar-refractivity contribution < 1.29 is 8.42 Å². The number of rotatable bonds is 7. The Kier molecular flexibility index (Phi) is 7.45. The fourth-order valence-electron chi connectivity index (χ4n) is 2.80. The van der Waals surface area contributed by atoms with E-state index in [2.05, 4.69) is 5.32 Å². The van der Waals surface area contributed by atoms with E-state index in [1.807, 2.05) is 50.2 Å². The standard InChI is InChI=1S/C24H21ClN2O2S2/c1-17-8-11-19(12-9-17)16-30-24(27-22-14-20(25)13-10-18(22)2)23(15-26)31(28,29)21-6-4-3-5-7-21/h3-14,27H,16H2,1-2H3/b24-23+. The van der Waals surface area contributed by atoms with E-state index in [-0.39, 0.29) is 14.8 Å². The summed E-state index contributed by atoms with van der Waals surface area (Å²) >= 11 is 7.41. The third-order valence-corrected chi connectivity index (χ3v) is 7.74. The first-order valence-corrected chi connectivity index (χ1v) is 12.3. The van der Waals surface area contributed by atoms with Crippen molar-refractivity contribution in [2.24, 2.45) is 0 Å². The fraction of sp³-hybridized carbons (Fsp3) is 0.125. The van der Waals surface area contributed by atoms with E-state index in [1.54, 1.807) is 30.3 Å². The van der Waals surface area contributed by atoms with Crippen LogP contribution in [0.4, 0.5) is 5.69 Å². The van der Waals surface area contributed by atoms with Crippen molar-refractivity contribution in [3.63, 3.8) is 0 Å². The number of nitriles is 1. The van der Waals surface area contributed by atoms with Crippen molar-refractivity contribution in [2.75, 3.05) is 5.32 Å². The van der Waals surface area contributed by atoms with E-state index < -0.39 is 9.84 Å². The smallest absolute Gasteiger partial charge is 0.219 e. The summed E-state index contributed by atoms with van der Waals surface area (Å²) in [5, 5.41) is 13.8. The van der Waals surface area contributed by atoms with Crippen molar-refractivity contribution in [2.45, 2.75) is 24.5 Å². The molecular formula is C24H21ClN2O2S2. The van der Waals surface area contributed by atoms with Crippen LogP contribution in [0, 0.1) is 25.2 Å². The summed E-state index contributed by atoms with van der Waals surface area (Å²) in [4.78, 5) is -0.250. The van der Waals surface area contributed by atoms with Gasteiger partial charge in [-0.15, -0.1) is 11.8 Å². The highest BCUT2D eigenvalue weighted by atomic mass is 35.5. The molecule has 0 fully saturated rings. The van der Waals surface area contributed by atoms with E-state index in [0.717, 1.165) is 16.7 Å². The maximum Gasteiger partial charge on any atom is 0.219 e. The zero-order chi connectivity index (χ0) is 22.4. The van der Waals surface area contributed by atoms with Crippen LogP contribution in [-0.4, -0.2) is 8.42 Å². The third-order valence-electron chi connectivity index (χ3n) is 4.58. The van der Waals surface area contributed by atoms with Crippen LogP contribution in [0.2, 0.25) is 5.02 Å². The number of allylic oxidation sites excluding steroid dienone is 1. The lowest BCUT2D eigenvalue weighted by Crippen LogP contribution is -2.10. The first-order chi connectivity index (χ1) is 14.8. The van der Waals surface area contributed by atoms with E-state index in [0.29, 0.717) is 16.5 Å². The Morgan fingerprint density at radius 1 is 1.03 bits per heavy atom. The van der Waals surface area contributed by atoms with Crippen LogP contribution in [0.25, 0.3) is 0 Å². The molecule has 0 aliphatic rings. The minimum absolute atomic E-state index is 0.0737. The Balaban J connectivity index is 2.07. The van der Waals surface area contributed by atoms with Gasteiger partial charge in [0, 0.05) is 16.5 Å². The van der Waals surface area contributed by atoms with Gasteiger partial charge in [0.1, 0.15) is 11.1 Å². The molecule has 0 saturated heterocycles. The highest BCUT2D eigenvalue weighted by Crippen LogP contribution is 2.33. The Labute approximate surface area is 192 Å². The molecule has 0 spiro atoms. The van der Waals surface area contributed by atoms with Gasteiger partial charge >= 0.3 is 0 Å². The number of aryl methyl sites for hydroxylation is 2. The number of sulfone groups is 1. The number of hydrogen-bond acceptors (Lipinski definition) is 5. The summed E-state index contributed by atoms with van der Waals surface area (Å²) in [7, 11) is -4.00. The fourth-order valence-corrected chi connectivity index (χ4v) is 5.51. The highest BCUT2D eigenvalue weighted by Gasteiger charge is 2.25. The SMILES string of the molecule is Cc1ccc(CS/C(Nc2cc(Cl)ccc2C)=C(\C#N)S(=O)(=O)c2ccccc2)cc1. The maximum atomic E-state index is 13.2. The number of halogens is 1. The molecule has 3 aromatic rings. The monoisotopic (exact) mass is 468 g/mol. The average molecular weight is 469 g/mol. The van der Waals surface area contributed by atoms with Gasteiger partial charge in [-0.05, 0) is 49.2 Å². The molecule has 0 aromatic heterocycles. The minimum atomic E-state index is -4.00. The van der Waals surface area contributed by atoms with Gasteiger partial charge in [0.15, 0.2) is 4.91 Å². The quantitative estimate of drug-likeness (QED) is 0.402. The largest absolute Gasteiger partial charge is 0.348 e. The van der Waals surface area contributed by atoms with Crippen LogP contribution in [0.5, 0.6) is 0 Å². The second-order valence-corrected chi connectivity index (χ2v) is 10.3. The second-order valence-electron chi connectivity index (χ2n) is 6.95. The third kappa shape index (κ3) is 5.71. The summed E-state index contributed by atoms with van der Waals surface area (Å²) in [6.07, 6.45) is 0. The highest BCUT2D eigenvalue weighted by molar-refractivity contribution is 8.04. The Morgan fingerprint density at radius 3 is 2.35 bits per heavy atom. The van der Waals surface area contributed by atoms with E-state index in [4.69, 9.17) is 11.6 Å². The predicted molar refractivity (Wildman–Crippen MR) is 129 cm³/mol. The summed E-state index contributed by atoms with van der Waals surface area (Å²) < 4.78 is 26.5. The van der Waals surface area contributed by atoms with Gasteiger partial charge in [-0.1, -0.05) is 65.7 Å². The van der Waals surface area contributed by atoms with Crippen molar-refractivity contribution in [3.8, 4) is 6.07 Å². The molecule has 0 aliphatic heterocycles. The zero-order valence-electron chi connectivity index (χ0n) is 17.1. The Bertz CT molecular complexity index is 1250. The molecule has 0 heterocycles. The average Bonchev–Trinajstić information content (AvgIpc) is 2.76. The van der Waals surface area contributed by atoms with Gasteiger partial charge in [-0.3, -0.25) is 0 Å². The first-order valence-electron chi connectivity index (χ1n) is 9.47. The predicted octanol–water partition coefficient (Wildman–Crippen LogP) is 6.47. The van der Waals surface area contributed by atoms with Gasteiger partial charge in [0.2, 0.25) is 9.84 Å². The van der Waals surface area contributed by atoms with Crippen LogP contribution < -0.4 is 5.32 Å². The molecular weight excluding hydrogens is 448 g/mol. The van der Waals surface area contributed by atoms with Gasteiger partial charge in [0.05, 0.1) is 4.90 Å². The van der Waals surface area contributed by atoms with Crippen LogP contribution in [-0.2, 0) is 15.6 Å². The molecule has 0 aliphatic carbocycles. The molecule has 0 unspecified atom stereocenters. The van der Waals surface area contributed by atoms with Crippen molar-refractivity contribution in [3.05, 3.63) is 104 Å². The molecule has 7 heteroatoms. The van der Waals surface area contributed by atoms with Crippen LogP contribution in [0.15, 0.2) is 87.6 Å². The van der Waals surface area contributed by atoms with Crippen molar-refractivity contribution >= 4 is 38.9 Å². The zero-order valence-corrected chi connectivity index (χ0v) is 19.5. The molecule has 1 N–H and O–H groups in total. The molecule has 4 nitrogen and oxygen atoms in total. The molecule has 0 atom stereocenters. The lowest BCUT2D eigenvalue weighted by Gasteiger charge is -2.16. The normalized spacial score (nSPS) is 12.1. The van der Waals surface area contributed by atoms with Gasteiger partial charge in [0.25, 0.3) is 0 Å². The minimum Gasteiger partial charge on any atom is -0.348 e. The van der Waals surface area contributed by atoms with Gasteiger partial charge in [-0.2, -0.15) is 5.26 Å². The van der Waals surface area contributed by atoms with Crippen LogP contribution >= 0.6 is 23.4 Å². The summed E-state index contributed by atoms with van der Waals surface area (Å²) in [5.74, 6) is 0.498.